The van der Waals surface area contributed by atoms with Crippen LogP contribution in [-0.2, 0) is 14.3 Å². The van der Waals surface area contributed by atoms with E-state index in [4.69, 9.17) is 16.3 Å². The van der Waals surface area contributed by atoms with Gasteiger partial charge in [-0.1, -0.05) is 49.7 Å². The zero-order valence-corrected chi connectivity index (χ0v) is 21.8. The average Bonchev–Trinajstić information content (AvgIpc) is 3.12. The van der Waals surface area contributed by atoms with E-state index in [1.165, 1.54) is 12.1 Å². The molecule has 0 unspecified atom stereocenters. The molecule has 8 nitrogen and oxygen atoms in total. The lowest BCUT2D eigenvalue weighted by Crippen LogP contribution is -2.32. The molecule has 0 atom stereocenters. The first-order valence-electron chi connectivity index (χ1n) is 12.0. The fraction of sp³-hybridized carbons (Fsp3) is 0.172. The number of carbonyl (C=O) groups excluding carboxylic acids is 4. The van der Waals surface area contributed by atoms with Crippen molar-refractivity contribution in [3.8, 4) is 0 Å². The van der Waals surface area contributed by atoms with Crippen molar-refractivity contribution in [3.63, 3.8) is 0 Å². The summed E-state index contributed by atoms with van der Waals surface area (Å²) in [5.41, 5.74) is 2.82. The summed E-state index contributed by atoms with van der Waals surface area (Å²) in [5, 5.41) is 5.39. The molecule has 4 rings (SSSR count). The van der Waals surface area contributed by atoms with Crippen molar-refractivity contribution < 1.29 is 23.9 Å². The van der Waals surface area contributed by atoms with E-state index >= 15 is 0 Å². The summed E-state index contributed by atoms with van der Waals surface area (Å²) in [6.07, 6.45) is 0. The molecule has 1 aliphatic rings. The molecule has 0 aromatic heterocycles. The van der Waals surface area contributed by atoms with Crippen LogP contribution in [0.4, 0.5) is 17.1 Å². The number of hydrogen-bond acceptors (Lipinski definition) is 6. The molecule has 0 spiro atoms. The van der Waals surface area contributed by atoms with Crippen LogP contribution >= 0.6 is 11.6 Å². The molecular formula is C29H26ClN3O5. The molecule has 3 aromatic rings. The van der Waals surface area contributed by atoms with Crippen LogP contribution < -0.4 is 15.5 Å². The second-order valence-corrected chi connectivity index (χ2v) is 9.22. The Kier molecular flexibility index (Phi) is 7.93. The largest absolute Gasteiger partial charge is 0.462 e. The van der Waals surface area contributed by atoms with Crippen LogP contribution in [0.25, 0.3) is 0 Å². The Morgan fingerprint density at radius 2 is 1.53 bits per heavy atom. The minimum atomic E-state index is -0.633. The molecule has 1 aliphatic heterocycles. The van der Waals surface area contributed by atoms with Crippen LogP contribution in [0.15, 0.2) is 83.5 Å². The maximum absolute atomic E-state index is 13.1. The first-order chi connectivity index (χ1) is 18.2. The van der Waals surface area contributed by atoms with E-state index in [0.29, 0.717) is 28.5 Å². The van der Waals surface area contributed by atoms with Crippen LogP contribution in [0.2, 0.25) is 0 Å². The normalized spacial score (nSPS) is 13.2. The van der Waals surface area contributed by atoms with Gasteiger partial charge >= 0.3 is 5.97 Å². The van der Waals surface area contributed by atoms with Crippen molar-refractivity contribution in [2.75, 3.05) is 22.1 Å². The predicted octanol–water partition coefficient (Wildman–Crippen LogP) is 5.67. The highest BCUT2D eigenvalue weighted by molar-refractivity contribution is 6.53. The summed E-state index contributed by atoms with van der Waals surface area (Å²) >= 11 is 6.26. The molecule has 0 saturated carbocycles. The van der Waals surface area contributed by atoms with Crippen LogP contribution in [0.5, 0.6) is 0 Å². The number of esters is 1. The summed E-state index contributed by atoms with van der Waals surface area (Å²) in [5.74, 6) is -1.84. The number of halogens is 1. The molecular weight excluding hydrogens is 506 g/mol. The summed E-state index contributed by atoms with van der Waals surface area (Å²) in [6, 6.07) is 19.9. The van der Waals surface area contributed by atoms with Gasteiger partial charge in [0.05, 0.1) is 17.9 Å². The van der Waals surface area contributed by atoms with Gasteiger partial charge in [-0.15, -0.1) is 0 Å². The molecule has 194 valence electrons. The van der Waals surface area contributed by atoms with Crippen molar-refractivity contribution in [2.24, 2.45) is 0 Å². The van der Waals surface area contributed by atoms with Gasteiger partial charge in [-0.2, -0.15) is 0 Å². The molecule has 3 amide bonds. The molecule has 0 radical (unpaired) electrons. The van der Waals surface area contributed by atoms with Gasteiger partial charge in [0, 0.05) is 16.9 Å². The number of amides is 3. The number of nitrogens with zero attached hydrogens (tertiary/aromatic N) is 1. The molecule has 38 heavy (non-hydrogen) atoms. The van der Waals surface area contributed by atoms with Crippen molar-refractivity contribution in [1.82, 2.24) is 0 Å². The first kappa shape index (κ1) is 26.6. The Balaban J connectivity index is 1.49. The molecule has 9 heteroatoms. The van der Waals surface area contributed by atoms with E-state index in [1.54, 1.807) is 55.5 Å². The number of hydrogen-bond donors (Lipinski definition) is 2. The Bertz CT molecular complexity index is 1450. The van der Waals surface area contributed by atoms with Crippen molar-refractivity contribution in [1.29, 1.82) is 0 Å². The minimum absolute atomic E-state index is 0.0794. The quantitative estimate of drug-likeness (QED) is 0.286. The smallest absolute Gasteiger partial charge is 0.338 e. The van der Waals surface area contributed by atoms with Crippen molar-refractivity contribution in [3.05, 3.63) is 100 Å². The standard InChI is InChI=1S/C29H26ClN3O5/c1-4-38-29(37)20-8-6-10-22(16-20)32-26(34)19-7-5-9-21(15-19)31-25-24(30)27(35)33(28(25)36)23-13-11-18(12-14-23)17(2)3/h5-17,31H,4H2,1-3H3,(H,32,34). The van der Waals surface area contributed by atoms with Crippen LogP contribution in [0.3, 0.4) is 0 Å². The summed E-state index contributed by atoms with van der Waals surface area (Å²) in [7, 11) is 0. The Hall–Kier alpha value is -4.43. The number of nitrogens with one attached hydrogen (secondary N) is 2. The Morgan fingerprint density at radius 3 is 2.18 bits per heavy atom. The van der Waals surface area contributed by atoms with E-state index in [0.717, 1.165) is 10.5 Å². The number of ether oxygens (including phenoxy) is 1. The van der Waals surface area contributed by atoms with Gasteiger partial charge < -0.3 is 15.4 Å². The van der Waals surface area contributed by atoms with Gasteiger partial charge in [-0.25, -0.2) is 9.69 Å². The van der Waals surface area contributed by atoms with E-state index in [9.17, 15) is 19.2 Å². The SMILES string of the molecule is CCOC(=O)c1cccc(NC(=O)c2cccc(NC3=C(Cl)C(=O)N(c4ccc(C(C)C)cc4)C3=O)c2)c1. The van der Waals surface area contributed by atoms with Crippen molar-refractivity contribution in [2.45, 2.75) is 26.7 Å². The third-order valence-corrected chi connectivity index (χ3v) is 6.22. The Labute approximate surface area is 225 Å². The molecule has 1 heterocycles. The number of anilines is 3. The van der Waals surface area contributed by atoms with Gasteiger partial charge in [0.1, 0.15) is 10.7 Å². The fourth-order valence-electron chi connectivity index (χ4n) is 3.88. The number of imide groups is 1. The maximum Gasteiger partial charge on any atom is 0.338 e. The number of rotatable bonds is 8. The van der Waals surface area contributed by atoms with Gasteiger partial charge in [0.25, 0.3) is 17.7 Å². The van der Waals surface area contributed by atoms with E-state index < -0.39 is 23.7 Å². The predicted molar refractivity (Wildman–Crippen MR) is 146 cm³/mol. The highest BCUT2D eigenvalue weighted by Gasteiger charge is 2.39. The molecule has 0 bridgehead atoms. The van der Waals surface area contributed by atoms with Crippen LogP contribution in [-0.4, -0.2) is 30.3 Å². The molecule has 0 aliphatic carbocycles. The van der Waals surface area contributed by atoms with Crippen molar-refractivity contribution >= 4 is 52.4 Å². The number of benzene rings is 3. The zero-order chi connectivity index (χ0) is 27.4. The average molecular weight is 532 g/mol. The van der Waals surface area contributed by atoms with E-state index in [-0.39, 0.29) is 22.9 Å². The Morgan fingerprint density at radius 1 is 0.895 bits per heavy atom. The first-order valence-corrected chi connectivity index (χ1v) is 12.4. The molecule has 2 N–H and O–H groups in total. The summed E-state index contributed by atoms with van der Waals surface area (Å²) < 4.78 is 5.00. The lowest BCUT2D eigenvalue weighted by atomic mass is 10.0. The van der Waals surface area contributed by atoms with Crippen LogP contribution in [0, 0.1) is 0 Å². The van der Waals surface area contributed by atoms with Gasteiger partial charge in [-0.3, -0.25) is 14.4 Å². The lowest BCUT2D eigenvalue weighted by Gasteiger charge is -2.16. The third-order valence-electron chi connectivity index (χ3n) is 5.87. The summed E-state index contributed by atoms with van der Waals surface area (Å²) in [4.78, 5) is 51.8. The van der Waals surface area contributed by atoms with Gasteiger partial charge in [0.15, 0.2) is 0 Å². The lowest BCUT2D eigenvalue weighted by molar-refractivity contribution is -0.120. The fourth-order valence-corrected chi connectivity index (χ4v) is 4.09. The molecule has 0 fully saturated rings. The summed E-state index contributed by atoms with van der Waals surface area (Å²) in [6.45, 7) is 6.06. The highest BCUT2D eigenvalue weighted by Crippen LogP contribution is 2.31. The van der Waals surface area contributed by atoms with Crippen LogP contribution in [0.1, 0.15) is 53.0 Å². The van der Waals surface area contributed by atoms with Gasteiger partial charge in [0.2, 0.25) is 0 Å². The maximum atomic E-state index is 13.1. The monoisotopic (exact) mass is 531 g/mol. The second kappa shape index (κ2) is 11.3. The third kappa shape index (κ3) is 5.60. The minimum Gasteiger partial charge on any atom is -0.462 e. The highest BCUT2D eigenvalue weighted by atomic mass is 35.5. The topological polar surface area (TPSA) is 105 Å². The molecule has 0 saturated heterocycles. The zero-order valence-electron chi connectivity index (χ0n) is 21.1. The number of carbonyl (C=O) groups is 4. The van der Waals surface area contributed by atoms with E-state index in [2.05, 4.69) is 24.5 Å². The van der Waals surface area contributed by atoms with Gasteiger partial charge in [-0.05, 0) is 66.9 Å². The van der Waals surface area contributed by atoms with E-state index in [1.807, 2.05) is 12.1 Å². The second-order valence-electron chi connectivity index (χ2n) is 8.84. The molecule has 3 aromatic carbocycles.